The average Bonchev–Trinajstić information content (AvgIpc) is 3.59. The van der Waals surface area contributed by atoms with Crippen LogP contribution in [-0.4, -0.2) is 80.0 Å². The average molecular weight is 538 g/mol. The van der Waals surface area contributed by atoms with Gasteiger partial charge in [-0.1, -0.05) is 38.1 Å². The van der Waals surface area contributed by atoms with Crippen molar-refractivity contribution >= 4 is 5.97 Å². The lowest BCUT2D eigenvalue weighted by Gasteiger charge is -2.24. The summed E-state index contributed by atoms with van der Waals surface area (Å²) in [7, 11) is 3.48. The number of nitrogens with one attached hydrogen (secondary N) is 1. The maximum Gasteiger partial charge on any atom is 0.319 e. The lowest BCUT2D eigenvalue weighted by molar-refractivity contribution is -0.142. The molecule has 0 spiro atoms. The summed E-state index contributed by atoms with van der Waals surface area (Å²) < 4.78 is 7.03. The van der Waals surface area contributed by atoms with Crippen LogP contribution in [0.2, 0.25) is 0 Å². The molecule has 0 aliphatic heterocycles. The molecule has 2 aromatic heterocycles. The lowest BCUT2D eigenvalue weighted by atomic mass is 10.1. The number of unbranched alkanes of at least 4 members (excludes halogenated alkanes) is 1. The molecule has 0 saturated heterocycles. The second kappa shape index (κ2) is 16.8. The van der Waals surface area contributed by atoms with E-state index in [9.17, 15) is 4.79 Å². The number of aryl methyl sites for hydroxylation is 1. The van der Waals surface area contributed by atoms with Crippen molar-refractivity contribution in [2.75, 3.05) is 39.8 Å². The molecule has 0 aliphatic rings. The molecule has 9 heteroatoms. The number of benzene rings is 1. The highest BCUT2D eigenvalue weighted by Gasteiger charge is 2.14. The Morgan fingerprint density at radius 1 is 0.846 bits per heavy atom. The van der Waals surface area contributed by atoms with Crippen LogP contribution in [0.3, 0.4) is 0 Å². The highest BCUT2D eigenvalue weighted by molar-refractivity contribution is 5.71. The molecule has 0 atom stereocenters. The van der Waals surface area contributed by atoms with Gasteiger partial charge in [-0.25, -0.2) is 9.97 Å². The van der Waals surface area contributed by atoms with Gasteiger partial charge in [-0.15, -0.1) is 0 Å². The van der Waals surface area contributed by atoms with E-state index in [0.29, 0.717) is 13.1 Å². The van der Waals surface area contributed by atoms with Crippen molar-refractivity contribution in [3.63, 3.8) is 0 Å². The predicted octanol–water partition coefficient (Wildman–Crippen LogP) is 4.22. The van der Waals surface area contributed by atoms with Gasteiger partial charge in [-0.2, -0.15) is 0 Å². The summed E-state index contributed by atoms with van der Waals surface area (Å²) >= 11 is 0. The molecule has 1 aromatic carbocycles. The molecule has 0 radical (unpaired) electrons. The number of rotatable bonds is 19. The van der Waals surface area contributed by atoms with Crippen molar-refractivity contribution in [3.8, 4) is 0 Å². The minimum absolute atomic E-state index is 0.187. The molecule has 0 fully saturated rings. The van der Waals surface area contributed by atoms with E-state index in [1.54, 1.807) is 6.20 Å². The first-order valence-electron chi connectivity index (χ1n) is 14.3. The molecule has 214 valence electrons. The van der Waals surface area contributed by atoms with Gasteiger partial charge in [-0.3, -0.25) is 14.6 Å². The number of hydrogen-bond acceptors (Lipinski definition) is 7. The Morgan fingerprint density at radius 3 is 2.03 bits per heavy atom. The Balaban J connectivity index is 1.57. The maximum absolute atomic E-state index is 12.1. The van der Waals surface area contributed by atoms with Crippen molar-refractivity contribution in [1.82, 2.24) is 34.2 Å². The minimum Gasteiger partial charge on any atom is -0.468 e. The maximum atomic E-state index is 12.1. The van der Waals surface area contributed by atoms with Gasteiger partial charge >= 0.3 is 5.97 Å². The van der Waals surface area contributed by atoms with E-state index in [4.69, 9.17) is 4.74 Å². The molecule has 1 N–H and O–H groups in total. The smallest absolute Gasteiger partial charge is 0.319 e. The van der Waals surface area contributed by atoms with E-state index in [2.05, 4.69) is 72.3 Å². The number of H-pyrrole nitrogens is 1. The van der Waals surface area contributed by atoms with E-state index < -0.39 is 0 Å². The Hall–Kier alpha value is -3.01. The molecule has 3 aromatic rings. The van der Waals surface area contributed by atoms with Gasteiger partial charge < -0.3 is 19.2 Å². The van der Waals surface area contributed by atoms with Crippen LogP contribution in [0.1, 0.15) is 62.3 Å². The minimum atomic E-state index is -0.187. The van der Waals surface area contributed by atoms with Crippen molar-refractivity contribution in [2.24, 2.45) is 7.05 Å². The first kappa shape index (κ1) is 30.5. The summed E-state index contributed by atoms with van der Waals surface area (Å²) in [6.45, 7) is 12.1. The zero-order chi connectivity index (χ0) is 27.9. The summed E-state index contributed by atoms with van der Waals surface area (Å²) in [5.74, 6) is 1.77. The quantitative estimate of drug-likeness (QED) is 0.181. The van der Waals surface area contributed by atoms with E-state index >= 15 is 0 Å². The molecule has 0 aliphatic carbocycles. The number of aromatic nitrogens is 4. The number of carbonyl (C=O) groups excluding carboxylic acids is 1. The van der Waals surface area contributed by atoms with Crippen LogP contribution in [-0.2, 0) is 42.8 Å². The third-order valence-electron chi connectivity index (χ3n) is 6.91. The van der Waals surface area contributed by atoms with E-state index in [1.165, 1.54) is 31.1 Å². The van der Waals surface area contributed by atoms with Gasteiger partial charge in [0.2, 0.25) is 0 Å². The highest BCUT2D eigenvalue weighted by atomic mass is 16.5. The van der Waals surface area contributed by atoms with Gasteiger partial charge in [0.15, 0.2) is 0 Å². The first-order chi connectivity index (χ1) is 19.0. The molecule has 0 amide bonds. The molecule has 9 nitrogen and oxygen atoms in total. The van der Waals surface area contributed by atoms with Crippen LogP contribution in [0.4, 0.5) is 0 Å². The Bertz CT molecular complexity index is 1060. The van der Waals surface area contributed by atoms with Crippen LogP contribution in [0, 0.1) is 0 Å². The Labute approximate surface area is 234 Å². The van der Waals surface area contributed by atoms with Gasteiger partial charge in [-0.05, 0) is 63.0 Å². The number of ether oxygens (including phenoxy) is 1. The lowest BCUT2D eigenvalue weighted by Crippen LogP contribution is -2.32. The number of methoxy groups -OCH3 is 1. The number of hydrogen-bond donors (Lipinski definition) is 1. The van der Waals surface area contributed by atoms with E-state index in [0.717, 1.165) is 70.3 Å². The molecule has 0 unspecified atom stereocenters. The summed E-state index contributed by atoms with van der Waals surface area (Å²) in [5, 5.41) is 0. The standard InChI is InChI=1S/C30H47N7O2/c1-5-16-35(17-6-2)18-7-8-19-36(25-30(38)39-4)21-26-9-11-27(12-10-26)22-37(23-28-31-13-14-32-28)24-29-33-15-20-34(29)3/h9-15,20H,5-8,16-19,21-25H2,1-4H3,(H,31,32). The van der Waals surface area contributed by atoms with Crippen LogP contribution in [0.5, 0.6) is 0 Å². The van der Waals surface area contributed by atoms with Crippen LogP contribution in [0.15, 0.2) is 49.1 Å². The summed E-state index contributed by atoms with van der Waals surface area (Å²) in [6.07, 6.45) is 12.0. The number of imidazole rings is 2. The normalized spacial score (nSPS) is 11.7. The summed E-state index contributed by atoms with van der Waals surface area (Å²) in [4.78, 5) is 31.3. The van der Waals surface area contributed by atoms with Gasteiger partial charge in [0.1, 0.15) is 11.6 Å². The second-order valence-corrected chi connectivity index (χ2v) is 10.3. The Kier molecular flexibility index (Phi) is 13.2. The van der Waals surface area contributed by atoms with Gasteiger partial charge in [0.25, 0.3) is 0 Å². The van der Waals surface area contributed by atoms with Gasteiger partial charge in [0.05, 0.1) is 26.7 Å². The van der Waals surface area contributed by atoms with Crippen LogP contribution < -0.4 is 0 Å². The van der Waals surface area contributed by atoms with E-state index in [1.807, 2.05) is 25.6 Å². The fraction of sp³-hybridized carbons (Fsp3) is 0.567. The molecule has 0 saturated carbocycles. The van der Waals surface area contributed by atoms with Crippen LogP contribution >= 0.6 is 0 Å². The highest BCUT2D eigenvalue weighted by Crippen LogP contribution is 2.14. The second-order valence-electron chi connectivity index (χ2n) is 10.3. The SMILES string of the molecule is CCCN(CCC)CCCCN(CC(=O)OC)Cc1ccc(CN(Cc2ncc[nH]2)Cc2nccn2C)cc1. The van der Waals surface area contributed by atoms with Crippen molar-refractivity contribution < 1.29 is 9.53 Å². The molecular formula is C30H47N7O2. The van der Waals surface area contributed by atoms with Crippen molar-refractivity contribution in [3.05, 3.63) is 71.8 Å². The first-order valence-corrected chi connectivity index (χ1v) is 14.3. The summed E-state index contributed by atoms with van der Waals surface area (Å²) in [5.41, 5.74) is 2.42. The zero-order valence-corrected chi connectivity index (χ0v) is 24.3. The largest absolute Gasteiger partial charge is 0.468 e. The topological polar surface area (TPSA) is 82.5 Å². The van der Waals surface area contributed by atoms with Crippen molar-refractivity contribution in [1.29, 1.82) is 0 Å². The molecular weight excluding hydrogens is 490 g/mol. The predicted molar refractivity (Wildman–Crippen MR) is 155 cm³/mol. The number of esters is 1. The summed E-state index contributed by atoms with van der Waals surface area (Å²) in [6, 6.07) is 8.73. The van der Waals surface area contributed by atoms with Gasteiger partial charge in [0, 0.05) is 44.9 Å². The molecule has 3 rings (SSSR count). The fourth-order valence-corrected chi connectivity index (χ4v) is 4.88. The third-order valence-corrected chi connectivity index (χ3v) is 6.91. The number of carbonyl (C=O) groups is 1. The molecule has 39 heavy (non-hydrogen) atoms. The zero-order valence-electron chi connectivity index (χ0n) is 24.3. The molecule has 2 heterocycles. The number of nitrogens with zero attached hydrogens (tertiary/aromatic N) is 6. The van der Waals surface area contributed by atoms with Crippen molar-refractivity contribution in [2.45, 2.75) is 65.7 Å². The van der Waals surface area contributed by atoms with E-state index in [-0.39, 0.29) is 5.97 Å². The third kappa shape index (κ3) is 10.9. The molecule has 0 bridgehead atoms. The monoisotopic (exact) mass is 537 g/mol. The number of aromatic amines is 1. The fourth-order valence-electron chi connectivity index (χ4n) is 4.88. The Morgan fingerprint density at radius 2 is 1.49 bits per heavy atom. The van der Waals surface area contributed by atoms with Crippen LogP contribution in [0.25, 0.3) is 0 Å².